The Kier molecular flexibility index (Phi) is 46.8. The third-order valence-corrected chi connectivity index (χ3v) is 19.7. The fourth-order valence-electron chi connectivity index (χ4n) is 12.7. The lowest BCUT2D eigenvalue weighted by molar-refractivity contribution is 0.840. The van der Waals surface area contributed by atoms with Crippen molar-refractivity contribution >= 4 is 107 Å². The Bertz CT molecular complexity index is 6340. The molecule has 0 atom stereocenters. The van der Waals surface area contributed by atoms with Crippen LogP contribution in [-0.4, -0.2) is 230 Å². The summed E-state index contributed by atoms with van der Waals surface area (Å²) in [6.07, 6.45) is 6.09. The Morgan fingerprint density at radius 2 is 0.368 bits per heavy atom. The molecule has 0 radical (unpaired) electrons. The second-order valence-corrected chi connectivity index (χ2v) is 32.7. The number of nitrogens with one attached hydrogen (secondary N) is 12. The molecule has 40 nitrogen and oxygen atoms in total. The molecule has 752 valence electrons. The van der Waals surface area contributed by atoms with Crippen molar-refractivity contribution in [3.8, 4) is 0 Å². The summed E-state index contributed by atoms with van der Waals surface area (Å²) < 4.78 is 0. The second-order valence-electron chi connectivity index (χ2n) is 32.7. The smallest absolute Gasteiger partial charge is 0.232 e. The van der Waals surface area contributed by atoms with Crippen LogP contribution in [0.15, 0.2) is 243 Å². The molecule has 16 rings (SSSR count). The van der Waals surface area contributed by atoms with Gasteiger partial charge in [0.25, 0.3) is 0 Å². The standard InChI is InChI=1S/C15H21N5.2C14H19N5.2C13H17N5.2C12H15N5.C11H13N5/c1-12-17-14(19-15(18-12)20(2)3)16-11-7-10-13-8-5-4-6-9-13;1-11-16-13(18-14(17-11)19(2)3)15-10-9-12-7-5-4-6-8-12;1-11-17-13(15-2)19-14(18-11)16-10-6-9-12-7-4-3-5-8-12;1-10-15-12(17-13(16-10)18(2)3)14-9-11-7-5-4-6-8-11;1-10-16-12(14-2)18-13(17-10)15-9-8-11-6-4-3-5-7-11;1-9-13-11(16-12(14-9)17(2)3)15-10-7-5-4-6-8-10;1-9-15-11(13-2)17-12(16-9)14-8-10-6-4-3-5-7-10;1-8-13-10(12-2)16-11(14-8)15-9-6-4-3-5-7-9/h4-6,8-9H,7,10-11H2,1-3H3,(H,16,17,18,19);4-8H,9-10H2,1-3H3,(H,15,16,17,18);3-5,7-8H,6,9-10H2,1-2H3,(H2,15,16,17,18,19);4-8H,9H2,1-3H3,(H,14,15,16,17);3-7H,8-9H2,1-2H3,(H2,14,15,16,17,18);4-8H,1-3H3,(H,13,14,15,16);3-7H,8H2,1-2H3,(H2,13,14,15,16,17);3-7H,1-2H3,(H2,12,13,14,15,16). The summed E-state index contributed by atoms with van der Waals surface area (Å²) in [5, 5.41) is 37.2. The van der Waals surface area contributed by atoms with Gasteiger partial charge in [-0.3, -0.25) is 0 Å². The number of para-hydroxylation sites is 2. The van der Waals surface area contributed by atoms with Crippen LogP contribution in [0.4, 0.5) is 107 Å². The van der Waals surface area contributed by atoms with Gasteiger partial charge in [-0.2, -0.15) is 120 Å². The van der Waals surface area contributed by atoms with Crippen LogP contribution in [0.2, 0.25) is 0 Å². The van der Waals surface area contributed by atoms with Gasteiger partial charge in [0.2, 0.25) is 95.2 Å². The molecule has 0 fully saturated rings. The predicted molar refractivity (Wildman–Crippen MR) is 583 cm³/mol. The molecule has 0 unspecified atom stereocenters. The summed E-state index contributed by atoms with van der Waals surface area (Å²) in [7, 11) is 22.5. The van der Waals surface area contributed by atoms with Crippen LogP contribution in [0, 0.1) is 55.4 Å². The highest BCUT2D eigenvalue weighted by atomic mass is 15.3. The van der Waals surface area contributed by atoms with Gasteiger partial charge in [-0.15, -0.1) is 0 Å². The SMILES string of the molecule is CNc1nc(C)nc(NCCCc2ccccc2)n1.CNc1nc(C)nc(NCCc2ccccc2)n1.CNc1nc(C)nc(NCc2ccccc2)n1.CNc1nc(C)nc(Nc2ccccc2)n1.Cc1nc(NCCCc2ccccc2)nc(N(C)C)n1.Cc1nc(NCCc2ccccc2)nc(N(C)C)n1.Cc1nc(NCc2ccccc2)nc(N(C)C)n1.Cc1nc(Nc2ccccc2)nc(N(C)C)n1. The maximum absolute atomic E-state index is 4.37. The number of anilines is 18. The average molecular weight is 1950 g/mol. The zero-order valence-corrected chi connectivity index (χ0v) is 86.1. The van der Waals surface area contributed by atoms with Crippen molar-refractivity contribution in [2.24, 2.45) is 0 Å². The number of benzene rings is 8. The van der Waals surface area contributed by atoms with E-state index in [2.05, 4.69) is 280 Å². The van der Waals surface area contributed by atoms with E-state index in [4.69, 9.17) is 0 Å². The van der Waals surface area contributed by atoms with Crippen molar-refractivity contribution in [3.05, 3.63) is 323 Å². The highest BCUT2D eigenvalue weighted by Crippen LogP contribution is 2.20. The Hall–Kier alpha value is -17.4. The van der Waals surface area contributed by atoms with Crippen molar-refractivity contribution in [1.82, 2.24) is 120 Å². The Morgan fingerprint density at radius 3 is 0.632 bits per heavy atom. The Morgan fingerprint density at radius 1 is 0.181 bits per heavy atom. The lowest BCUT2D eigenvalue weighted by Gasteiger charge is -2.12. The summed E-state index contributed by atoms with van der Waals surface area (Å²) in [5.74, 6) is 15.5. The van der Waals surface area contributed by atoms with Crippen molar-refractivity contribution in [2.75, 3.05) is 194 Å². The van der Waals surface area contributed by atoms with E-state index in [1.54, 1.807) is 28.2 Å². The van der Waals surface area contributed by atoms with Crippen molar-refractivity contribution < 1.29 is 0 Å². The van der Waals surface area contributed by atoms with E-state index in [0.717, 1.165) is 87.7 Å². The molecule has 40 heteroatoms. The summed E-state index contributed by atoms with van der Waals surface area (Å²) in [5.41, 5.74) is 9.61. The largest absolute Gasteiger partial charge is 0.357 e. The van der Waals surface area contributed by atoms with E-state index in [-0.39, 0.29) is 0 Å². The van der Waals surface area contributed by atoms with E-state index < -0.39 is 0 Å². The van der Waals surface area contributed by atoms with Gasteiger partial charge in [0.15, 0.2) is 0 Å². The average Bonchev–Trinajstić information content (AvgIpc) is 0.873. The molecule has 0 aliphatic rings. The maximum Gasteiger partial charge on any atom is 0.232 e. The highest BCUT2D eigenvalue weighted by Gasteiger charge is 2.13. The molecule has 0 amide bonds. The minimum absolute atomic E-state index is 0.544. The molecule has 8 heterocycles. The van der Waals surface area contributed by atoms with Crippen LogP contribution in [0.25, 0.3) is 0 Å². The Labute approximate surface area is 845 Å². The maximum atomic E-state index is 4.37. The second kappa shape index (κ2) is 61.2. The summed E-state index contributed by atoms with van der Waals surface area (Å²) in [6, 6.07) is 81.5. The van der Waals surface area contributed by atoms with Gasteiger partial charge in [-0.05, 0) is 152 Å². The van der Waals surface area contributed by atoms with E-state index in [1.165, 1.54) is 33.4 Å². The van der Waals surface area contributed by atoms with Gasteiger partial charge in [0, 0.05) is 135 Å². The van der Waals surface area contributed by atoms with Gasteiger partial charge in [0.05, 0.1) is 0 Å². The monoisotopic (exact) mass is 1950 g/mol. The molecule has 0 saturated carbocycles. The lowest BCUT2D eigenvalue weighted by atomic mass is 10.1. The number of nitrogens with zero attached hydrogens (tertiary/aromatic N) is 28. The lowest BCUT2D eigenvalue weighted by Crippen LogP contribution is -2.16. The number of rotatable bonds is 36. The molecular weight excluding hydrogens is 1810 g/mol. The van der Waals surface area contributed by atoms with Crippen LogP contribution in [0.5, 0.6) is 0 Å². The first-order chi connectivity index (χ1) is 69.7. The zero-order chi connectivity index (χ0) is 103. The number of hydrogen-bond donors (Lipinski definition) is 12. The van der Waals surface area contributed by atoms with E-state index in [0.29, 0.717) is 143 Å². The molecule has 12 N–H and O–H groups in total. The van der Waals surface area contributed by atoms with E-state index >= 15 is 0 Å². The van der Waals surface area contributed by atoms with Gasteiger partial charge < -0.3 is 83.4 Å². The quantitative estimate of drug-likeness (QED) is 0.0162. The molecule has 8 aromatic heterocycles. The molecule has 0 aliphatic heterocycles. The van der Waals surface area contributed by atoms with Crippen LogP contribution in [-0.2, 0) is 38.8 Å². The molecular formula is C104H136N40. The fourth-order valence-corrected chi connectivity index (χ4v) is 12.7. The third kappa shape index (κ3) is 42.9. The first-order valence-electron chi connectivity index (χ1n) is 47.2. The predicted octanol–water partition coefficient (Wildman–Crippen LogP) is 16.0. The fraction of sp³-hybridized carbons (Fsp3) is 0.308. The van der Waals surface area contributed by atoms with Gasteiger partial charge in [-0.25, -0.2) is 0 Å². The number of aromatic nitrogens is 24. The highest BCUT2D eigenvalue weighted by molar-refractivity contribution is 5.55. The molecule has 0 spiro atoms. The van der Waals surface area contributed by atoms with E-state index in [9.17, 15) is 0 Å². The molecule has 0 aliphatic carbocycles. The first-order valence-corrected chi connectivity index (χ1v) is 47.2. The van der Waals surface area contributed by atoms with Gasteiger partial charge in [-0.1, -0.05) is 218 Å². The van der Waals surface area contributed by atoms with Crippen LogP contribution < -0.4 is 83.4 Å². The van der Waals surface area contributed by atoms with Crippen molar-refractivity contribution in [3.63, 3.8) is 0 Å². The first kappa shape index (κ1) is 110. The van der Waals surface area contributed by atoms with Gasteiger partial charge in [0.1, 0.15) is 46.6 Å². The van der Waals surface area contributed by atoms with Crippen LogP contribution >= 0.6 is 0 Å². The van der Waals surface area contributed by atoms with Crippen molar-refractivity contribution in [1.29, 1.82) is 0 Å². The molecule has 16 aromatic rings. The normalized spacial score (nSPS) is 10.1. The molecule has 144 heavy (non-hydrogen) atoms. The van der Waals surface area contributed by atoms with E-state index in [1.807, 2.05) is 277 Å². The van der Waals surface area contributed by atoms with Crippen LogP contribution in [0.3, 0.4) is 0 Å². The molecule has 8 aromatic carbocycles. The minimum Gasteiger partial charge on any atom is -0.357 e. The summed E-state index contributed by atoms with van der Waals surface area (Å²) >= 11 is 0. The zero-order valence-electron chi connectivity index (χ0n) is 86.1. The number of aryl methyl sites for hydroxylation is 10. The summed E-state index contributed by atoms with van der Waals surface area (Å²) in [6.45, 7) is 19.6. The summed E-state index contributed by atoms with van der Waals surface area (Å²) in [4.78, 5) is 109. The van der Waals surface area contributed by atoms with Gasteiger partial charge >= 0.3 is 0 Å². The molecule has 0 bridgehead atoms. The Balaban J connectivity index is 0.000000183. The minimum atomic E-state index is 0.544. The number of hydrogen-bond acceptors (Lipinski definition) is 40. The molecule has 0 saturated heterocycles. The van der Waals surface area contributed by atoms with Crippen LogP contribution in [0.1, 0.15) is 92.8 Å². The van der Waals surface area contributed by atoms with Crippen molar-refractivity contribution in [2.45, 2.75) is 107 Å². The topological polar surface area (TPSA) is 467 Å². The third-order valence-electron chi connectivity index (χ3n) is 19.7.